The van der Waals surface area contributed by atoms with E-state index in [2.05, 4.69) is 10.3 Å². The van der Waals surface area contributed by atoms with E-state index in [-0.39, 0.29) is 11.9 Å². The molecular weight excluding hydrogens is 298 g/mol. The van der Waals surface area contributed by atoms with E-state index in [4.69, 9.17) is 10.2 Å². The van der Waals surface area contributed by atoms with Crippen molar-refractivity contribution >= 4 is 27.5 Å². The normalized spacial score (nSPS) is 12.5. The minimum absolute atomic E-state index is 0.0650. The van der Waals surface area contributed by atoms with Crippen LogP contribution in [0, 0.1) is 0 Å². The number of furan rings is 1. The van der Waals surface area contributed by atoms with Crippen molar-refractivity contribution in [3.05, 3.63) is 42.2 Å². The molecule has 2 heterocycles. The average molecular weight is 315 g/mol. The standard InChI is InChI=1S/C16H17N3O2S/c1-10(17)8-9-18-15(20)12-6-7-13(21-12)16-19-11-4-2-3-5-14(11)22-16/h2-7,10H,8-9,17H2,1H3,(H,18,20). The molecular formula is C16H17N3O2S. The van der Waals surface area contributed by atoms with Crippen LogP contribution in [0.3, 0.4) is 0 Å². The first kappa shape index (κ1) is 14.7. The summed E-state index contributed by atoms with van der Waals surface area (Å²) in [5, 5.41) is 3.57. The zero-order valence-corrected chi connectivity index (χ0v) is 13.0. The Balaban J connectivity index is 1.74. The number of carbonyl (C=O) groups excluding carboxylic acids is 1. The van der Waals surface area contributed by atoms with Crippen LogP contribution in [0.5, 0.6) is 0 Å². The summed E-state index contributed by atoms with van der Waals surface area (Å²) in [6, 6.07) is 11.4. The quantitative estimate of drug-likeness (QED) is 0.758. The van der Waals surface area contributed by atoms with Crippen LogP contribution in [0.4, 0.5) is 0 Å². The highest BCUT2D eigenvalue weighted by molar-refractivity contribution is 7.21. The molecule has 22 heavy (non-hydrogen) atoms. The summed E-state index contributed by atoms with van der Waals surface area (Å²) in [7, 11) is 0. The highest BCUT2D eigenvalue weighted by atomic mass is 32.1. The third kappa shape index (κ3) is 3.18. The van der Waals surface area contributed by atoms with E-state index in [9.17, 15) is 4.79 Å². The number of fused-ring (bicyclic) bond motifs is 1. The Kier molecular flexibility index (Phi) is 4.22. The molecule has 1 aromatic carbocycles. The molecule has 0 fully saturated rings. The van der Waals surface area contributed by atoms with Gasteiger partial charge in [-0.1, -0.05) is 12.1 Å². The maximum absolute atomic E-state index is 12.0. The number of nitrogens with one attached hydrogen (secondary N) is 1. The van der Waals surface area contributed by atoms with Gasteiger partial charge in [-0.05, 0) is 37.6 Å². The van der Waals surface area contributed by atoms with Crippen molar-refractivity contribution < 1.29 is 9.21 Å². The maximum Gasteiger partial charge on any atom is 0.287 e. The van der Waals surface area contributed by atoms with Crippen LogP contribution in [-0.4, -0.2) is 23.5 Å². The third-order valence-electron chi connectivity index (χ3n) is 3.22. The second kappa shape index (κ2) is 6.29. The van der Waals surface area contributed by atoms with E-state index in [0.717, 1.165) is 21.6 Å². The average Bonchev–Trinajstić information content (AvgIpc) is 3.13. The van der Waals surface area contributed by atoms with Crippen molar-refractivity contribution in [1.29, 1.82) is 0 Å². The van der Waals surface area contributed by atoms with Crippen LogP contribution in [0.2, 0.25) is 0 Å². The maximum atomic E-state index is 12.0. The molecule has 0 spiro atoms. The number of benzene rings is 1. The largest absolute Gasteiger partial charge is 0.448 e. The van der Waals surface area contributed by atoms with Gasteiger partial charge in [-0.3, -0.25) is 4.79 Å². The van der Waals surface area contributed by atoms with Gasteiger partial charge in [0, 0.05) is 12.6 Å². The first-order valence-corrected chi connectivity index (χ1v) is 7.94. The van der Waals surface area contributed by atoms with E-state index in [0.29, 0.717) is 18.1 Å². The van der Waals surface area contributed by atoms with E-state index < -0.39 is 0 Å². The SMILES string of the molecule is CC(N)CCNC(=O)c1ccc(-c2nc3ccccc3s2)o1. The van der Waals surface area contributed by atoms with Crippen LogP contribution in [-0.2, 0) is 0 Å². The van der Waals surface area contributed by atoms with E-state index >= 15 is 0 Å². The topological polar surface area (TPSA) is 81.1 Å². The summed E-state index contributed by atoms with van der Waals surface area (Å²) in [6.45, 7) is 2.44. The third-order valence-corrected chi connectivity index (χ3v) is 4.27. The Hall–Kier alpha value is -2.18. The molecule has 6 heteroatoms. The molecule has 1 amide bonds. The summed E-state index contributed by atoms with van der Waals surface area (Å²) >= 11 is 1.54. The fourth-order valence-corrected chi connectivity index (χ4v) is 2.98. The highest BCUT2D eigenvalue weighted by Crippen LogP contribution is 2.31. The minimum Gasteiger partial charge on any atom is -0.448 e. The van der Waals surface area contributed by atoms with Crippen molar-refractivity contribution in [2.45, 2.75) is 19.4 Å². The van der Waals surface area contributed by atoms with Gasteiger partial charge in [0.1, 0.15) is 0 Å². The Bertz CT molecular complexity index is 758. The molecule has 5 nitrogen and oxygen atoms in total. The van der Waals surface area contributed by atoms with Crippen LogP contribution in [0.25, 0.3) is 21.0 Å². The van der Waals surface area contributed by atoms with Crippen molar-refractivity contribution in [2.75, 3.05) is 6.54 Å². The molecule has 3 N–H and O–H groups in total. The van der Waals surface area contributed by atoms with Gasteiger partial charge in [0.2, 0.25) is 0 Å². The van der Waals surface area contributed by atoms with Crippen molar-refractivity contribution in [3.8, 4) is 10.8 Å². The molecule has 3 rings (SSSR count). The lowest BCUT2D eigenvalue weighted by molar-refractivity contribution is 0.0926. The summed E-state index contributed by atoms with van der Waals surface area (Å²) in [6.07, 6.45) is 0.733. The van der Waals surface area contributed by atoms with Crippen molar-refractivity contribution in [2.24, 2.45) is 5.73 Å². The van der Waals surface area contributed by atoms with Crippen LogP contribution in [0.1, 0.15) is 23.9 Å². The molecule has 1 atom stereocenters. The fraction of sp³-hybridized carbons (Fsp3) is 0.250. The molecule has 0 bridgehead atoms. The van der Waals surface area contributed by atoms with Gasteiger partial charge in [-0.15, -0.1) is 11.3 Å². The zero-order valence-electron chi connectivity index (χ0n) is 12.2. The van der Waals surface area contributed by atoms with Crippen LogP contribution < -0.4 is 11.1 Å². The molecule has 2 aromatic heterocycles. The molecule has 1 unspecified atom stereocenters. The lowest BCUT2D eigenvalue weighted by Crippen LogP contribution is -2.28. The number of rotatable bonds is 5. The molecule has 3 aromatic rings. The van der Waals surface area contributed by atoms with Gasteiger partial charge in [0.15, 0.2) is 16.5 Å². The van der Waals surface area contributed by atoms with Crippen LogP contribution in [0.15, 0.2) is 40.8 Å². The summed E-state index contributed by atoms with van der Waals surface area (Å²) in [5.74, 6) is 0.672. The van der Waals surface area contributed by atoms with Crippen LogP contribution >= 0.6 is 11.3 Å². The number of hydrogen-bond acceptors (Lipinski definition) is 5. The number of amides is 1. The number of nitrogens with zero attached hydrogens (tertiary/aromatic N) is 1. The number of nitrogens with two attached hydrogens (primary N) is 1. The number of aromatic nitrogens is 1. The summed E-state index contributed by atoms with van der Waals surface area (Å²) < 4.78 is 6.72. The summed E-state index contributed by atoms with van der Waals surface area (Å²) in [4.78, 5) is 16.5. The summed E-state index contributed by atoms with van der Waals surface area (Å²) in [5.41, 5.74) is 6.58. The predicted octanol–water partition coefficient (Wildman–Crippen LogP) is 3.02. The molecule has 0 radical (unpaired) electrons. The van der Waals surface area contributed by atoms with E-state index in [1.807, 2.05) is 31.2 Å². The lowest BCUT2D eigenvalue weighted by atomic mass is 10.2. The van der Waals surface area contributed by atoms with Gasteiger partial charge in [0.05, 0.1) is 10.2 Å². The van der Waals surface area contributed by atoms with Gasteiger partial charge in [-0.2, -0.15) is 0 Å². The highest BCUT2D eigenvalue weighted by Gasteiger charge is 2.14. The number of para-hydroxylation sites is 1. The van der Waals surface area contributed by atoms with E-state index in [1.165, 1.54) is 0 Å². The van der Waals surface area contributed by atoms with Crippen molar-refractivity contribution in [1.82, 2.24) is 10.3 Å². The van der Waals surface area contributed by atoms with Gasteiger partial charge in [0.25, 0.3) is 5.91 Å². The number of carbonyl (C=O) groups is 1. The fourth-order valence-electron chi connectivity index (χ4n) is 2.05. The smallest absolute Gasteiger partial charge is 0.287 e. The molecule has 0 saturated heterocycles. The predicted molar refractivity (Wildman–Crippen MR) is 87.9 cm³/mol. The molecule has 0 aliphatic carbocycles. The van der Waals surface area contributed by atoms with E-state index in [1.54, 1.807) is 23.5 Å². The monoisotopic (exact) mass is 315 g/mol. The molecule has 0 aliphatic heterocycles. The Morgan fingerprint density at radius 2 is 2.18 bits per heavy atom. The molecule has 0 saturated carbocycles. The van der Waals surface area contributed by atoms with Gasteiger partial charge < -0.3 is 15.5 Å². The van der Waals surface area contributed by atoms with Gasteiger partial charge >= 0.3 is 0 Å². The number of thiazole rings is 1. The minimum atomic E-state index is -0.229. The first-order chi connectivity index (χ1) is 10.6. The van der Waals surface area contributed by atoms with Crippen molar-refractivity contribution in [3.63, 3.8) is 0 Å². The zero-order chi connectivity index (χ0) is 15.5. The molecule has 114 valence electrons. The second-order valence-electron chi connectivity index (χ2n) is 5.17. The second-order valence-corrected chi connectivity index (χ2v) is 6.20. The Labute approximate surface area is 132 Å². The Morgan fingerprint density at radius 1 is 1.36 bits per heavy atom. The van der Waals surface area contributed by atoms with Gasteiger partial charge in [-0.25, -0.2) is 4.98 Å². The molecule has 0 aliphatic rings. The first-order valence-electron chi connectivity index (χ1n) is 7.13. The lowest BCUT2D eigenvalue weighted by Gasteiger charge is -2.05. The number of hydrogen-bond donors (Lipinski definition) is 2. The Morgan fingerprint density at radius 3 is 2.95 bits per heavy atom.